The molecule has 0 aliphatic heterocycles. The Morgan fingerprint density at radius 3 is 1.73 bits per heavy atom. The molecule has 0 unspecified atom stereocenters. The summed E-state index contributed by atoms with van der Waals surface area (Å²) in [4.78, 5) is 2.48. The Labute approximate surface area is 156 Å². The van der Waals surface area contributed by atoms with Crippen molar-refractivity contribution in [1.29, 1.82) is 0 Å². The van der Waals surface area contributed by atoms with Crippen molar-refractivity contribution < 1.29 is 12.6 Å². The molecular weight excluding hydrogens is 348 g/mol. The van der Waals surface area contributed by atoms with E-state index in [1.165, 1.54) is 11.1 Å². The number of benzene rings is 2. The summed E-state index contributed by atoms with van der Waals surface area (Å²) in [5, 5.41) is 5.00. The van der Waals surface area contributed by atoms with Crippen LogP contribution in [0.15, 0.2) is 60.7 Å². The number of hydrogen-bond donors (Lipinski definition) is 1. The van der Waals surface area contributed by atoms with Crippen LogP contribution in [-0.4, -0.2) is 25.5 Å². The minimum atomic E-state index is -3.87. The predicted octanol–water partition coefficient (Wildman–Crippen LogP) is 3.22. The highest BCUT2D eigenvalue weighted by molar-refractivity contribution is 7.84. The normalized spacial score (nSPS) is 21.0. The molecule has 1 aliphatic carbocycles. The SMILES string of the molecule is NS(=O)(=O)OC1CCC(N(Cc2ccccc2)Cc2ccccc2)CC1. The van der Waals surface area contributed by atoms with Crippen LogP contribution in [0.5, 0.6) is 0 Å². The quantitative estimate of drug-likeness (QED) is 0.808. The molecule has 0 radical (unpaired) electrons. The van der Waals surface area contributed by atoms with Gasteiger partial charge in [0, 0.05) is 19.1 Å². The average molecular weight is 375 g/mol. The molecule has 0 aromatic heterocycles. The van der Waals surface area contributed by atoms with Crippen molar-refractivity contribution in [3.05, 3.63) is 71.8 Å². The first-order valence-corrected chi connectivity index (χ1v) is 10.5. The van der Waals surface area contributed by atoms with Crippen molar-refractivity contribution >= 4 is 10.3 Å². The van der Waals surface area contributed by atoms with Crippen LogP contribution < -0.4 is 5.14 Å². The second-order valence-electron chi connectivity index (χ2n) is 6.90. The summed E-state index contributed by atoms with van der Waals surface area (Å²) in [6.45, 7) is 1.75. The Bertz CT molecular complexity index is 732. The molecule has 2 aromatic carbocycles. The first-order valence-electron chi connectivity index (χ1n) is 9.02. The van der Waals surface area contributed by atoms with Gasteiger partial charge in [-0.25, -0.2) is 5.14 Å². The first kappa shape index (κ1) is 19.0. The molecule has 5 nitrogen and oxygen atoms in total. The fraction of sp³-hybridized carbons (Fsp3) is 0.400. The second kappa shape index (κ2) is 8.77. The predicted molar refractivity (Wildman–Crippen MR) is 102 cm³/mol. The van der Waals surface area contributed by atoms with E-state index in [1.807, 2.05) is 12.1 Å². The van der Waals surface area contributed by atoms with Gasteiger partial charge in [-0.1, -0.05) is 60.7 Å². The van der Waals surface area contributed by atoms with E-state index in [-0.39, 0.29) is 6.10 Å². The molecule has 26 heavy (non-hydrogen) atoms. The third-order valence-corrected chi connectivity index (χ3v) is 5.43. The molecule has 2 aromatic rings. The summed E-state index contributed by atoms with van der Waals surface area (Å²) in [5.74, 6) is 0. The van der Waals surface area contributed by atoms with E-state index in [0.29, 0.717) is 18.9 Å². The van der Waals surface area contributed by atoms with Crippen LogP contribution in [0.3, 0.4) is 0 Å². The summed E-state index contributed by atoms with van der Waals surface area (Å²) in [5.41, 5.74) is 2.57. The highest BCUT2D eigenvalue weighted by atomic mass is 32.2. The first-order chi connectivity index (χ1) is 12.5. The van der Waals surface area contributed by atoms with Gasteiger partial charge in [-0.15, -0.1) is 0 Å². The van der Waals surface area contributed by atoms with E-state index in [2.05, 4.69) is 53.4 Å². The van der Waals surface area contributed by atoms with Crippen LogP contribution in [0.1, 0.15) is 36.8 Å². The maximum Gasteiger partial charge on any atom is 0.333 e. The van der Waals surface area contributed by atoms with Crippen molar-refractivity contribution in [2.45, 2.75) is 50.9 Å². The largest absolute Gasteiger partial charge is 0.333 e. The molecule has 1 saturated carbocycles. The number of rotatable bonds is 7. The molecular formula is C20H26N2O3S. The lowest BCUT2D eigenvalue weighted by Gasteiger charge is -2.36. The standard InChI is InChI=1S/C20H26N2O3S/c21-26(23,24)25-20-13-11-19(12-14-20)22(15-17-7-3-1-4-8-17)16-18-9-5-2-6-10-18/h1-10,19-20H,11-16H2,(H2,21,23,24). The maximum atomic E-state index is 11.1. The number of nitrogens with zero attached hydrogens (tertiary/aromatic N) is 1. The van der Waals surface area contributed by atoms with Gasteiger partial charge in [-0.05, 0) is 36.8 Å². The third kappa shape index (κ3) is 5.92. The van der Waals surface area contributed by atoms with E-state index in [1.54, 1.807) is 0 Å². The van der Waals surface area contributed by atoms with Gasteiger partial charge in [0.05, 0.1) is 6.10 Å². The lowest BCUT2D eigenvalue weighted by molar-refractivity contribution is 0.0827. The van der Waals surface area contributed by atoms with Gasteiger partial charge in [0.25, 0.3) is 0 Å². The Balaban J connectivity index is 1.67. The van der Waals surface area contributed by atoms with Gasteiger partial charge in [0.15, 0.2) is 0 Å². The topological polar surface area (TPSA) is 72.6 Å². The highest BCUT2D eigenvalue weighted by Gasteiger charge is 2.28. The van der Waals surface area contributed by atoms with Crippen LogP contribution in [0.2, 0.25) is 0 Å². The number of nitrogens with two attached hydrogens (primary N) is 1. The Morgan fingerprint density at radius 1 is 0.846 bits per heavy atom. The van der Waals surface area contributed by atoms with Gasteiger partial charge in [0.1, 0.15) is 0 Å². The zero-order chi connectivity index (χ0) is 18.4. The fourth-order valence-electron chi connectivity index (χ4n) is 3.65. The molecule has 0 saturated heterocycles. The van der Waals surface area contributed by atoms with E-state index < -0.39 is 10.3 Å². The molecule has 6 heteroatoms. The summed E-state index contributed by atoms with van der Waals surface area (Å²) in [6.07, 6.45) is 2.93. The van der Waals surface area contributed by atoms with Gasteiger partial charge < -0.3 is 0 Å². The molecule has 0 bridgehead atoms. The Kier molecular flexibility index (Phi) is 6.43. The molecule has 0 heterocycles. The molecule has 1 aliphatic rings. The summed E-state index contributed by atoms with van der Waals surface area (Å²) < 4.78 is 27.3. The highest BCUT2D eigenvalue weighted by Crippen LogP contribution is 2.28. The van der Waals surface area contributed by atoms with Gasteiger partial charge in [-0.3, -0.25) is 9.08 Å². The van der Waals surface area contributed by atoms with Crippen LogP contribution in [0.4, 0.5) is 0 Å². The average Bonchev–Trinajstić information content (AvgIpc) is 2.62. The maximum absolute atomic E-state index is 11.1. The molecule has 0 amide bonds. The lowest BCUT2D eigenvalue weighted by Crippen LogP contribution is -2.39. The zero-order valence-corrected chi connectivity index (χ0v) is 15.6. The van der Waals surface area contributed by atoms with Crippen molar-refractivity contribution in [3.8, 4) is 0 Å². The van der Waals surface area contributed by atoms with Crippen LogP contribution >= 0.6 is 0 Å². The Morgan fingerprint density at radius 2 is 1.31 bits per heavy atom. The fourth-order valence-corrected chi connectivity index (χ4v) is 4.22. The minimum Gasteiger partial charge on any atom is -0.292 e. The van der Waals surface area contributed by atoms with Gasteiger partial charge in [-0.2, -0.15) is 8.42 Å². The van der Waals surface area contributed by atoms with Crippen molar-refractivity contribution in [2.75, 3.05) is 0 Å². The van der Waals surface area contributed by atoms with Crippen molar-refractivity contribution in [2.24, 2.45) is 5.14 Å². The number of hydrogen-bond acceptors (Lipinski definition) is 4. The monoisotopic (exact) mass is 374 g/mol. The summed E-state index contributed by atoms with van der Waals surface area (Å²) in [7, 11) is -3.87. The lowest BCUT2D eigenvalue weighted by atomic mass is 9.91. The van der Waals surface area contributed by atoms with E-state index in [0.717, 1.165) is 25.9 Å². The molecule has 0 spiro atoms. The minimum absolute atomic E-state index is 0.295. The molecule has 140 valence electrons. The second-order valence-corrected chi connectivity index (χ2v) is 8.07. The van der Waals surface area contributed by atoms with Crippen LogP contribution in [0.25, 0.3) is 0 Å². The van der Waals surface area contributed by atoms with Crippen LogP contribution in [0, 0.1) is 0 Å². The molecule has 2 N–H and O–H groups in total. The smallest absolute Gasteiger partial charge is 0.292 e. The Hall–Kier alpha value is -1.73. The van der Waals surface area contributed by atoms with Crippen molar-refractivity contribution in [3.63, 3.8) is 0 Å². The summed E-state index contributed by atoms with van der Waals surface area (Å²) >= 11 is 0. The molecule has 0 atom stereocenters. The van der Waals surface area contributed by atoms with E-state index >= 15 is 0 Å². The van der Waals surface area contributed by atoms with Crippen LogP contribution in [-0.2, 0) is 27.6 Å². The van der Waals surface area contributed by atoms with E-state index in [9.17, 15) is 8.42 Å². The van der Waals surface area contributed by atoms with Gasteiger partial charge >= 0.3 is 10.3 Å². The van der Waals surface area contributed by atoms with E-state index in [4.69, 9.17) is 9.32 Å². The molecule has 3 rings (SSSR count). The van der Waals surface area contributed by atoms with Crippen molar-refractivity contribution in [1.82, 2.24) is 4.90 Å². The van der Waals surface area contributed by atoms with Gasteiger partial charge in [0.2, 0.25) is 0 Å². The summed E-state index contributed by atoms with van der Waals surface area (Å²) in [6, 6.07) is 21.3. The third-order valence-electron chi connectivity index (χ3n) is 4.89. The molecule has 1 fully saturated rings. The zero-order valence-electron chi connectivity index (χ0n) is 14.8.